The Bertz CT molecular complexity index is 653. The molecular formula is C15H16F4N2O3. The summed E-state index contributed by atoms with van der Waals surface area (Å²) in [6.07, 6.45) is -6.00. The molecule has 24 heavy (non-hydrogen) atoms. The molecule has 1 fully saturated rings. The van der Waals surface area contributed by atoms with Crippen LogP contribution in [0.2, 0.25) is 0 Å². The lowest BCUT2D eigenvalue weighted by atomic mass is 9.90. The van der Waals surface area contributed by atoms with E-state index in [-0.39, 0.29) is 24.3 Å². The molecule has 1 aromatic rings. The normalized spacial score (nSPS) is 17.5. The second kappa shape index (κ2) is 6.39. The van der Waals surface area contributed by atoms with Gasteiger partial charge in [0.05, 0.1) is 5.69 Å². The van der Waals surface area contributed by atoms with Crippen molar-refractivity contribution in [3.63, 3.8) is 0 Å². The Labute approximate surface area is 135 Å². The van der Waals surface area contributed by atoms with Crippen LogP contribution in [0, 0.1) is 5.82 Å². The zero-order valence-corrected chi connectivity index (χ0v) is 12.8. The first-order chi connectivity index (χ1) is 11.0. The highest BCUT2D eigenvalue weighted by molar-refractivity contribution is 5.97. The van der Waals surface area contributed by atoms with Crippen molar-refractivity contribution in [1.82, 2.24) is 4.90 Å². The van der Waals surface area contributed by atoms with E-state index in [2.05, 4.69) is 5.32 Å². The molecule has 132 valence electrons. The van der Waals surface area contributed by atoms with Gasteiger partial charge in [0, 0.05) is 38.4 Å². The second-order valence-electron chi connectivity index (χ2n) is 5.70. The molecule has 0 bridgehead atoms. The minimum atomic E-state index is -4.75. The van der Waals surface area contributed by atoms with Crippen molar-refractivity contribution in [3.05, 3.63) is 29.6 Å². The van der Waals surface area contributed by atoms with E-state index in [1.54, 1.807) is 0 Å². The van der Waals surface area contributed by atoms with Gasteiger partial charge in [0.25, 0.3) is 5.91 Å². The van der Waals surface area contributed by atoms with E-state index in [4.69, 9.17) is 0 Å². The van der Waals surface area contributed by atoms with Gasteiger partial charge in [0.15, 0.2) is 5.60 Å². The molecule has 1 aromatic carbocycles. The summed E-state index contributed by atoms with van der Waals surface area (Å²) in [4.78, 5) is 24.5. The number of hydrogen-bond acceptors (Lipinski definition) is 3. The van der Waals surface area contributed by atoms with Crippen LogP contribution in [0.5, 0.6) is 0 Å². The number of aliphatic hydroxyl groups is 1. The minimum absolute atomic E-state index is 0.0394. The third-order valence-electron chi connectivity index (χ3n) is 3.93. The average molecular weight is 348 g/mol. The number of anilines is 1. The van der Waals surface area contributed by atoms with E-state index < -0.39 is 42.3 Å². The third kappa shape index (κ3) is 3.66. The van der Waals surface area contributed by atoms with E-state index in [0.717, 1.165) is 17.0 Å². The number of alkyl halides is 3. The smallest absolute Gasteiger partial charge is 0.380 e. The summed E-state index contributed by atoms with van der Waals surface area (Å²) < 4.78 is 51.9. The van der Waals surface area contributed by atoms with Crippen molar-refractivity contribution in [3.8, 4) is 0 Å². The lowest BCUT2D eigenvalue weighted by Crippen LogP contribution is -2.54. The van der Waals surface area contributed by atoms with Gasteiger partial charge in [0.1, 0.15) is 5.82 Å². The van der Waals surface area contributed by atoms with Crippen molar-refractivity contribution >= 4 is 17.5 Å². The van der Waals surface area contributed by atoms with Gasteiger partial charge in [-0.2, -0.15) is 13.2 Å². The molecule has 9 heteroatoms. The van der Waals surface area contributed by atoms with Crippen molar-refractivity contribution < 1.29 is 32.3 Å². The Balaban J connectivity index is 2.12. The maximum Gasteiger partial charge on any atom is 0.417 e. The van der Waals surface area contributed by atoms with E-state index in [1.807, 2.05) is 0 Å². The van der Waals surface area contributed by atoms with Crippen LogP contribution in [-0.2, 0) is 4.79 Å². The fraction of sp³-hybridized carbons (Fsp3) is 0.467. The van der Waals surface area contributed by atoms with Crippen LogP contribution in [0.15, 0.2) is 18.2 Å². The third-order valence-corrected chi connectivity index (χ3v) is 3.93. The minimum Gasteiger partial charge on any atom is -0.380 e. The summed E-state index contributed by atoms with van der Waals surface area (Å²) in [6.45, 7) is 0.625. The SMILES string of the molecule is CC(=O)Nc1cc(C(=O)N2CCC(O)(C(F)(F)F)CC2)ccc1F. The summed E-state index contributed by atoms with van der Waals surface area (Å²) in [5.41, 5.74) is -2.94. The summed E-state index contributed by atoms with van der Waals surface area (Å²) in [5.74, 6) is -1.84. The van der Waals surface area contributed by atoms with Crippen molar-refractivity contribution in [1.29, 1.82) is 0 Å². The number of amides is 2. The molecule has 0 spiro atoms. The fourth-order valence-corrected chi connectivity index (χ4v) is 2.49. The Morgan fingerprint density at radius 3 is 2.33 bits per heavy atom. The summed E-state index contributed by atoms with van der Waals surface area (Å²) in [5, 5.41) is 11.8. The van der Waals surface area contributed by atoms with Crippen LogP contribution in [0.3, 0.4) is 0 Å². The first kappa shape index (κ1) is 18.2. The number of benzene rings is 1. The van der Waals surface area contributed by atoms with Crippen LogP contribution in [0.25, 0.3) is 0 Å². The zero-order valence-electron chi connectivity index (χ0n) is 12.8. The number of carbonyl (C=O) groups excluding carboxylic acids is 2. The molecule has 0 atom stereocenters. The Morgan fingerprint density at radius 2 is 1.83 bits per heavy atom. The Kier molecular flexibility index (Phi) is 4.84. The summed E-state index contributed by atoms with van der Waals surface area (Å²) >= 11 is 0. The molecule has 0 radical (unpaired) electrons. The molecule has 0 unspecified atom stereocenters. The van der Waals surface area contributed by atoms with Gasteiger partial charge in [-0.15, -0.1) is 0 Å². The van der Waals surface area contributed by atoms with Crippen LogP contribution in [0.4, 0.5) is 23.2 Å². The highest BCUT2D eigenvalue weighted by atomic mass is 19.4. The largest absolute Gasteiger partial charge is 0.417 e. The van der Waals surface area contributed by atoms with Crippen molar-refractivity contribution in [2.75, 3.05) is 18.4 Å². The van der Waals surface area contributed by atoms with Crippen LogP contribution in [-0.4, -0.2) is 46.7 Å². The molecule has 1 aliphatic heterocycles. The molecule has 1 aliphatic rings. The molecular weight excluding hydrogens is 332 g/mol. The van der Waals surface area contributed by atoms with Gasteiger partial charge < -0.3 is 15.3 Å². The first-order valence-electron chi connectivity index (χ1n) is 7.19. The zero-order chi connectivity index (χ0) is 18.1. The average Bonchev–Trinajstić information content (AvgIpc) is 2.48. The highest BCUT2D eigenvalue weighted by Crippen LogP contribution is 2.38. The number of carbonyl (C=O) groups is 2. The van der Waals surface area contributed by atoms with E-state index >= 15 is 0 Å². The van der Waals surface area contributed by atoms with Gasteiger partial charge in [-0.3, -0.25) is 9.59 Å². The maximum absolute atomic E-state index is 13.6. The topological polar surface area (TPSA) is 69.6 Å². The number of nitrogens with zero attached hydrogens (tertiary/aromatic N) is 1. The van der Waals surface area contributed by atoms with Crippen LogP contribution in [0.1, 0.15) is 30.1 Å². The number of rotatable bonds is 2. The van der Waals surface area contributed by atoms with Gasteiger partial charge in [-0.05, 0) is 18.2 Å². The number of nitrogens with one attached hydrogen (secondary N) is 1. The second-order valence-corrected chi connectivity index (χ2v) is 5.70. The number of likely N-dealkylation sites (tertiary alicyclic amines) is 1. The molecule has 2 amide bonds. The highest BCUT2D eigenvalue weighted by Gasteiger charge is 2.54. The molecule has 0 aliphatic carbocycles. The summed E-state index contributed by atoms with van der Waals surface area (Å²) in [7, 11) is 0. The van der Waals surface area contributed by atoms with Gasteiger partial charge in [-0.1, -0.05) is 0 Å². The monoisotopic (exact) mass is 348 g/mol. The van der Waals surface area contributed by atoms with Gasteiger partial charge in [0.2, 0.25) is 5.91 Å². The molecule has 0 aromatic heterocycles. The van der Waals surface area contributed by atoms with E-state index in [1.165, 1.54) is 13.0 Å². The summed E-state index contributed by atoms with van der Waals surface area (Å²) in [6, 6.07) is 3.31. The molecule has 2 N–H and O–H groups in total. The molecule has 0 saturated carbocycles. The molecule has 5 nitrogen and oxygen atoms in total. The fourth-order valence-electron chi connectivity index (χ4n) is 2.49. The molecule has 2 rings (SSSR count). The first-order valence-corrected chi connectivity index (χ1v) is 7.19. The lowest BCUT2D eigenvalue weighted by molar-refractivity contribution is -0.271. The van der Waals surface area contributed by atoms with Gasteiger partial charge >= 0.3 is 6.18 Å². The predicted molar refractivity (Wildman–Crippen MR) is 76.8 cm³/mol. The Morgan fingerprint density at radius 1 is 1.25 bits per heavy atom. The van der Waals surface area contributed by atoms with Crippen molar-refractivity contribution in [2.45, 2.75) is 31.5 Å². The van der Waals surface area contributed by atoms with E-state index in [0.29, 0.717) is 0 Å². The quantitative estimate of drug-likeness (QED) is 0.806. The van der Waals surface area contributed by atoms with Crippen LogP contribution < -0.4 is 5.32 Å². The van der Waals surface area contributed by atoms with Crippen LogP contribution >= 0.6 is 0 Å². The number of hydrogen-bond donors (Lipinski definition) is 2. The van der Waals surface area contributed by atoms with Gasteiger partial charge in [-0.25, -0.2) is 4.39 Å². The number of halogens is 4. The van der Waals surface area contributed by atoms with E-state index in [9.17, 15) is 32.3 Å². The predicted octanol–water partition coefficient (Wildman–Crippen LogP) is 2.31. The Hall–Kier alpha value is -2.16. The number of piperidine rings is 1. The van der Waals surface area contributed by atoms with Crippen molar-refractivity contribution in [2.24, 2.45) is 0 Å². The lowest BCUT2D eigenvalue weighted by Gasteiger charge is -2.39. The molecule has 1 saturated heterocycles. The maximum atomic E-state index is 13.6. The molecule has 1 heterocycles. The standard InChI is InChI=1S/C15H16F4N2O3/c1-9(22)20-12-8-10(2-3-11(12)16)13(23)21-6-4-14(24,5-7-21)15(17,18)19/h2-3,8,24H,4-7H2,1H3,(H,20,22).